The number of aliphatic hydroxyl groups is 6. The van der Waals surface area contributed by atoms with Crippen LogP contribution in [0.1, 0.15) is 107 Å². The third-order valence-electron chi connectivity index (χ3n) is 14.7. The maximum atomic E-state index is 12.2. The molecule has 6 N–H and O–H groups in total. The molecule has 1 aliphatic heterocycles. The monoisotopic (exact) mass is 667 g/mol. The molecular formula is C36H61NO10. The van der Waals surface area contributed by atoms with Crippen LogP contribution in [0, 0.1) is 55.4 Å². The van der Waals surface area contributed by atoms with Crippen LogP contribution in [0.25, 0.3) is 0 Å². The number of hydrogen-bond donors (Lipinski definition) is 6. The average molecular weight is 668 g/mol. The van der Waals surface area contributed by atoms with E-state index >= 15 is 0 Å². The Balaban J connectivity index is 1.37. The van der Waals surface area contributed by atoms with Crippen molar-refractivity contribution in [2.75, 3.05) is 6.61 Å². The summed E-state index contributed by atoms with van der Waals surface area (Å²) in [5.41, 5.74) is -0.834. The van der Waals surface area contributed by atoms with Gasteiger partial charge in [-0.2, -0.15) is 0 Å². The topological polar surface area (TPSA) is 183 Å². The van der Waals surface area contributed by atoms with Gasteiger partial charge < -0.3 is 40.1 Å². The Labute approximate surface area is 279 Å². The first-order chi connectivity index (χ1) is 21.7. The molecule has 1 saturated heterocycles. The molecule has 47 heavy (non-hydrogen) atoms. The predicted octanol–water partition coefficient (Wildman–Crippen LogP) is 3.58. The molecule has 270 valence electrons. The molecule has 11 nitrogen and oxygen atoms in total. The third kappa shape index (κ3) is 5.72. The molecule has 0 aromatic heterocycles. The highest BCUT2D eigenvalue weighted by Crippen LogP contribution is 2.75. The SMILES string of the molecule is C[C@H](CC[C@@H](O)C(C)(C)O)C1CC[C@@]2(C)C3CC=C4C(CC[C@H](O[C@@H]5O[C@H](CO)[C@@H]([N+](=O)[O-])[C@H](O)[C@H]5O)C4(C)C)[C@]3(C)[C@H](O)C[C@]12C. The molecule has 15 atom stereocenters. The van der Waals surface area contributed by atoms with E-state index in [9.17, 15) is 40.8 Å². The van der Waals surface area contributed by atoms with Crippen LogP contribution in [0.5, 0.6) is 0 Å². The van der Waals surface area contributed by atoms with Crippen LogP contribution in [0.4, 0.5) is 0 Å². The molecule has 4 fully saturated rings. The fourth-order valence-corrected chi connectivity index (χ4v) is 11.5. The molecule has 0 radical (unpaired) electrons. The van der Waals surface area contributed by atoms with Gasteiger partial charge in [-0.1, -0.05) is 53.2 Å². The average Bonchev–Trinajstić information content (AvgIpc) is 3.24. The maximum absolute atomic E-state index is 12.2. The summed E-state index contributed by atoms with van der Waals surface area (Å²) < 4.78 is 12.0. The first-order valence-corrected chi connectivity index (χ1v) is 17.9. The van der Waals surface area contributed by atoms with E-state index in [4.69, 9.17) is 9.47 Å². The zero-order chi connectivity index (χ0) is 35.1. The molecule has 4 aliphatic carbocycles. The van der Waals surface area contributed by atoms with E-state index in [1.165, 1.54) is 5.57 Å². The number of aliphatic hydroxyl groups excluding tert-OH is 5. The van der Waals surface area contributed by atoms with E-state index in [1.54, 1.807) is 13.8 Å². The van der Waals surface area contributed by atoms with Crippen LogP contribution in [0.2, 0.25) is 0 Å². The Morgan fingerprint density at radius 2 is 1.72 bits per heavy atom. The molecule has 0 bridgehead atoms. The summed E-state index contributed by atoms with van der Waals surface area (Å²) in [4.78, 5) is 10.8. The van der Waals surface area contributed by atoms with Crippen molar-refractivity contribution in [3.63, 3.8) is 0 Å². The first-order valence-electron chi connectivity index (χ1n) is 17.9. The number of rotatable bonds is 9. The lowest BCUT2D eigenvalue weighted by Gasteiger charge is -2.67. The lowest BCUT2D eigenvalue weighted by Crippen LogP contribution is -2.65. The van der Waals surface area contributed by atoms with E-state index in [0.29, 0.717) is 31.1 Å². The zero-order valence-electron chi connectivity index (χ0n) is 29.6. The standard InChI is InChI=1S/C36H61NO10/c1-19(9-13-25(39)33(4,5)43)20-15-16-34(6)24-12-10-21-22(36(24,8)26(40)17-35(20,34)7)11-14-27(32(21,2)3)47-31-30(42)29(41)28(37(44)45)23(18-38)46-31/h10,19-20,22-31,38-43H,9,11-18H2,1-8H3/t19-,20?,22?,23-,24?,25-,26-,27+,28-,29+,30-,31+,34+,35-,36+/m1/s1. The quantitative estimate of drug-likeness (QED) is 0.121. The Kier molecular flexibility index (Phi) is 9.90. The van der Waals surface area contributed by atoms with E-state index in [-0.39, 0.29) is 28.1 Å². The van der Waals surface area contributed by atoms with Crippen molar-refractivity contribution in [2.45, 2.75) is 161 Å². The molecule has 3 saturated carbocycles. The maximum Gasteiger partial charge on any atom is 0.269 e. The van der Waals surface area contributed by atoms with Crippen molar-refractivity contribution in [3.05, 3.63) is 21.8 Å². The van der Waals surface area contributed by atoms with E-state index in [1.807, 2.05) is 0 Å². The highest BCUT2D eigenvalue weighted by molar-refractivity contribution is 5.31. The van der Waals surface area contributed by atoms with Gasteiger partial charge in [0, 0.05) is 15.8 Å². The molecular weight excluding hydrogens is 606 g/mol. The fraction of sp³-hybridized carbons (Fsp3) is 0.944. The molecule has 0 amide bonds. The molecule has 3 unspecified atom stereocenters. The van der Waals surface area contributed by atoms with Gasteiger partial charge in [0.1, 0.15) is 6.10 Å². The summed E-state index contributed by atoms with van der Waals surface area (Å²) in [5.74, 6) is 1.14. The van der Waals surface area contributed by atoms with Gasteiger partial charge in [-0.05, 0) is 99.7 Å². The van der Waals surface area contributed by atoms with Crippen LogP contribution in [0.3, 0.4) is 0 Å². The molecule has 0 aromatic carbocycles. The van der Waals surface area contributed by atoms with Crippen LogP contribution in [0.15, 0.2) is 11.6 Å². The summed E-state index contributed by atoms with van der Waals surface area (Å²) in [7, 11) is 0. The summed E-state index contributed by atoms with van der Waals surface area (Å²) in [5, 5.41) is 75.7. The molecule has 0 aromatic rings. The van der Waals surface area contributed by atoms with Crippen molar-refractivity contribution < 1.29 is 45.0 Å². The van der Waals surface area contributed by atoms with Crippen LogP contribution in [-0.2, 0) is 9.47 Å². The Hall–Kier alpha value is -1.18. The summed E-state index contributed by atoms with van der Waals surface area (Å²) >= 11 is 0. The summed E-state index contributed by atoms with van der Waals surface area (Å²) in [6.45, 7) is 16.2. The van der Waals surface area contributed by atoms with Crippen LogP contribution in [-0.4, -0.2) is 96.7 Å². The predicted molar refractivity (Wildman–Crippen MR) is 174 cm³/mol. The van der Waals surface area contributed by atoms with Gasteiger partial charge in [0.25, 0.3) is 6.04 Å². The lowest BCUT2D eigenvalue weighted by atomic mass is 9.38. The molecule has 5 rings (SSSR count). The number of nitrogens with zero attached hydrogens (tertiary/aromatic N) is 1. The third-order valence-corrected chi connectivity index (χ3v) is 14.7. The number of ether oxygens (including phenoxy) is 2. The minimum absolute atomic E-state index is 0.0112. The fourth-order valence-electron chi connectivity index (χ4n) is 11.5. The van der Waals surface area contributed by atoms with Gasteiger partial charge in [-0.3, -0.25) is 10.1 Å². The summed E-state index contributed by atoms with van der Waals surface area (Å²) in [6.07, 6.45) is 1.10. The second-order valence-electron chi connectivity index (χ2n) is 17.7. The Morgan fingerprint density at radius 1 is 1.06 bits per heavy atom. The van der Waals surface area contributed by atoms with Gasteiger partial charge in [0.05, 0.1) is 30.5 Å². The van der Waals surface area contributed by atoms with Crippen molar-refractivity contribution >= 4 is 0 Å². The van der Waals surface area contributed by atoms with Gasteiger partial charge in [0.2, 0.25) is 0 Å². The number of fused-ring (bicyclic) bond motifs is 5. The number of hydrogen-bond acceptors (Lipinski definition) is 10. The number of allylic oxidation sites excluding steroid dienone is 1. The van der Waals surface area contributed by atoms with Crippen molar-refractivity contribution in [1.29, 1.82) is 0 Å². The van der Waals surface area contributed by atoms with Crippen LogP contribution < -0.4 is 0 Å². The van der Waals surface area contributed by atoms with E-state index in [2.05, 4.69) is 47.6 Å². The first kappa shape index (κ1) is 37.1. The van der Waals surface area contributed by atoms with Crippen molar-refractivity contribution in [3.8, 4) is 0 Å². The Bertz CT molecular complexity index is 1200. The smallest absolute Gasteiger partial charge is 0.269 e. The van der Waals surface area contributed by atoms with E-state index in [0.717, 1.165) is 32.1 Å². The second kappa shape index (κ2) is 12.5. The lowest BCUT2D eigenvalue weighted by molar-refractivity contribution is -0.564. The van der Waals surface area contributed by atoms with Gasteiger partial charge in [0.15, 0.2) is 18.5 Å². The molecule has 1 heterocycles. The molecule has 0 spiro atoms. The minimum Gasteiger partial charge on any atom is -0.393 e. The van der Waals surface area contributed by atoms with Crippen LogP contribution >= 0.6 is 0 Å². The summed E-state index contributed by atoms with van der Waals surface area (Å²) in [6, 6.07) is -1.66. The van der Waals surface area contributed by atoms with Gasteiger partial charge >= 0.3 is 0 Å². The Morgan fingerprint density at radius 3 is 2.32 bits per heavy atom. The molecule has 5 aliphatic rings. The van der Waals surface area contributed by atoms with Gasteiger partial charge in [-0.25, -0.2) is 0 Å². The van der Waals surface area contributed by atoms with Crippen molar-refractivity contribution in [2.24, 2.45) is 45.3 Å². The second-order valence-corrected chi connectivity index (χ2v) is 17.7. The normalized spacial score (nSPS) is 47.7. The zero-order valence-corrected chi connectivity index (χ0v) is 29.6. The molecule has 11 heteroatoms. The minimum atomic E-state index is -1.74. The number of nitro groups is 1. The van der Waals surface area contributed by atoms with Crippen molar-refractivity contribution in [1.82, 2.24) is 0 Å². The van der Waals surface area contributed by atoms with Gasteiger partial charge in [-0.15, -0.1) is 0 Å². The largest absolute Gasteiger partial charge is 0.393 e. The van der Waals surface area contributed by atoms with E-state index < -0.39 is 71.5 Å². The highest BCUT2D eigenvalue weighted by Gasteiger charge is 2.70. The highest BCUT2D eigenvalue weighted by atomic mass is 16.7.